The zero-order chi connectivity index (χ0) is 15.6. The van der Waals surface area contributed by atoms with Gasteiger partial charge in [-0.25, -0.2) is 0 Å². The summed E-state index contributed by atoms with van der Waals surface area (Å²) in [4.78, 5) is 10.9. The Bertz CT molecular complexity index is 246. The van der Waals surface area contributed by atoms with Gasteiger partial charge in [0.05, 0.1) is 7.11 Å². The summed E-state index contributed by atoms with van der Waals surface area (Å²) in [5.74, 6) is -0.0763. The van der Waals surface area contributed by atoms with Crippen LogP contribution in [0.3, 0.4) is 0 Å². The zero-order valence-electron chi connectivity index (χ0n) is 14.4. The number of rotatable bonds is 15. The first kappa shape index (κ1) is 20.2. The molecule has 0 atom stereocenters. The Kier molecular flexibility index (Phi) is 16.6. The summed E-state index contributed by atoms with van der Waals surface area (Å²) in [6.45, 7) is 2.27. The topological polar surface area (TPSA) is 26.3 Å². The van der Waals surface area contributed by atoms with E-state index in [1.165, 1.54) is 77.7 Å². The van der Waals surface area contributed by atoms with Crippen LogP contribution in [0.25, 0.3) is 0 Å². The molecule has 2 nitrogen and oxygen atoms in total. The smallest absolute Gasteiger partial charge is 0.305 e. The number of carbonyl (C=O) groups excluding carboxylic acids is 1. The van der Waals surface area contributed by atoms with Crippen molar-refractivity contribution in [2.75, 3.05) is 7.11 Å². The van der Waals surface area contributed by atoms with Crippen molar-refractivity contribution in [1.82, 2.24) is 0 Å². The summed E-state index contributed by atoms with van der Waals surface area (Å²) in [7, 11) is 1.46. The Morgan fingerprint density at radius 3 is 1.76 bits per heavy atom. The van der Waals surface area contributed by atoms with Crippen molar-refractivity contribution >= 4 is 5.97 Å². The molecule has 0 N–H and O–H groups in total. The van der Waals surface area contributed by atoms with Gasteiger partial charge in [0.2, 0.25) is 0 Å². The number of hydrogen-bond donors (Lipinski definition) is 0. The fourth-order valence-corrected chi connectivity index (χ4v) is 2.44. The molecule has 0 aromatic carbocycles. The fourth-order valence-electron chi connectivity index (χ4n) is 2.44. The van der Waals surface area contributed by atoms with Gasteiger partial charge in [-0.2, -0.15) is 0 Å². The predicted molar refractivity (Wildman–Crippen MR) is 91.5 cm³/mol. The molecule has 0 rings (SSSR count). The van der Waals surface area contributed by atoms with Crippen molar-refractivity contribution in [3.05, 3.63) is 12.2 Å². The second-order valence-corrected chi connectivity index (χ2v) is 5.91. The van der Waals surface area contributed by atoms with Crippen molar-refractivity contribution in [3.8, 4) is 0 Å². The van der Waals surface area contributed by atoms with E-state index in [-0.39, 0.29) is 5.97 Å². The number of unbranched alkanes of at least 4 members (excludes halogenated alkanes) is 11. The number of allylic oxidation sites excluding steroid dienone is 2. The van der Waals surface area contributed by atoms with Crippen LogP contribution in [0.5, 0.6) is 0 Å². The average Bonchev–Trinajstić information content (AvgIpc) is 2.50. The lowest BCUT2D eigenvalue weighted by Gasteiger charge is -2.00. The van der Waals surface area contributed by atoms with Crippen molar-refractivity contribution in [3.63, 3.8) is 0 Å². The van der Waals surface area contributed by atoms with Crippen LogP contribution >= 0.6 is 0 Å². The molecule has 0 aromatic heterocycles. The maximum Gasteiger partial charge on any atom is 0.305 e. The largest absolute Gasteiger partial charge is 0.469 e. The second-order valence-electron chi connectivity index (χ2n) is 5.91. The van der Waals surface area contributed by atoms with Crippen molar-refractivity contribution in [1.29, 1.82) is 0 Å². The number of ether oxygens (including phenoxy) is 1. The van der Waals surface area contributed by atoms with Gasteiger partial charge in [-0.15, -0.1) is 0 Å². The number of hydrogen-bond acceptors (Lipinski definition) is 2. The predicted octanol–water partition coefficient (Wildman–Crippen LogP) is 6.20. The Hall–Kier alpha value is -0.790. The summed E-state index contributed by atoms with van der Waals surface area (Å²) in [6, 6.07) is 0. The summed E-state index contributed by atoms with van der Waals surface area (Å²) < 4.78 is 4.62. The molecular weight excluding hydrogens is 260 g/mol. The molecule has 0 aliphatic heterocycles. The third kappa shape index (κ3) is 17.2. The minimum absolute atomic E-state index is 0.0763. The van der Waals surface area contributed by atoms with E-state index in [1.54, 1.807) is 0 Å². The minimum Gasteiger partial charge on any atom is -0.469 e. The van der Waals surface area contributed by atoms with Gasteiger partial charge in [-0.3, -0.25) is 4.79 Å². The Morgan fingerprint density at radius 2 is 1.24 bits per heavy atom. The molecule has 0 amide bonds. The van der Waals surface area contributed by atoms with Gasteiger partial charge in [-0.1, -0.05) is 70.4 Å². The number of esters is 1. The van der Waals surface area contributed by atoms with Crippen LogP contribution in [0.2, 0.25) is 0 Å². The molecule has 21 heavy (non-hydrogen) atoms. The van der Waals surface area contributed by atoms with Crippen LogP contribution in [-0.2, 0) is 9.53 Å². The molecule has 0 unspecified atom stereocenters. The molecule has 0 saturated heterocycles. The molecular formula is C19H36O2. The fraction of sp³-hybridized carbons (Fsp3) is 0.842. The monoisotopic (exact) mass is 296 g/mol. The minimum atomic E-state index is -0.0763. The van der Waals surface area contributed by atoms with Gasteiger partial charge in [0, 0.05) is 6.42 Å². The van der Waals surface area contributed by atoms with E-state index >= 15 is 0 Å². The summed E-state index contributed by atoms with van der Waals surface area (Å²) in [6.07, 6.45) is 22.0. The van der Waals surface area contributed by atoms with Gasteiger partial charge in [0.1, 0.15) is 0 Å². The van der Waals surface area contributed by atoms with E-state index < -0.39 is 0 Å². The molecule has 0 aliphatic carbocycles. The van der Waals surface area contributed by atoms with Crippen molar-refractivity contribution in [2.24, 2.45) is 0 Å². The van der Waals surface area contributed by atoms with Gasteiger partial charge < -0.3 is 4.74 Å². The maximum absolute atomic E-state index is 10.9. The van der Waals surface area contributed by atoms with Crippen LogP contribution in [0.1, 0.15) is 96.8 Å². The summed E-state index contributed by atoms with van der Waals surface area (Å²) in [5, 5.41) is 0. The lowest BCUT2D eigenvalue weighted by atomic mass is 10.1. The van der Waals surface area contributed by atoms with Crippen molar-refractivity contribution in [2.45, 2.75) is 96.8 Å². The van der Waals surface area contributed by atoms with Crippen LogP contribution in [0.15, 0.2) is 12.2 Å². The Morgan fingerprint density at radius 1 is 0.762 bits per heavy atom. The molecule has 0 radical (unpaired) electrons. The molecule has 0 aromatic rings. The first-order valence-electron chi connectivity index (χ1n) is 9.03. The van der Waals surface area contributed by atoms with Gasteiger partial charge in [0.15, 0.2) is 0 Å². The van der Waals surface area contributed by atoms with Crippen molar-refractivity contribution < 1.29 is 9.53 Å². The first-order valence-corrected chi connectivity index (χ1v) is 9.03. The lowest BCUT2D eigenvalue weighted by Crippen LogP contribution is -1.98. The normalized spacial score (nSPS) is 11.1. The zero-order valence-corrected chi connectivity index (χ0v) is 14.4. The maximum atomic E-state index is 10.9. The van der Waals surface area contributed by atoms with Crippen LogP contribution in [-0.4, -0.2) is 13.1 Å². The van der Waals surface area contributed by atoms with Gasteiger partial charge >= 0.3 is 5.97 Å². The Balaban J connectivity index is 3.10. The quantitative estimate of drug-likeness (QED) is 0.204. The standard InChI is InChI=1S/C19H36O2/c1-3-4-5-6-7-8-9-10-11-12-13-14-15-16-17-18-19(20)21-2/h10-11H,3-9,12-18H2,1-2H3/b11-10+. The highest BCUT2D eigenvalue weighted by atomic mass is 16.5. The molecule has 0 aliphatic rings. The van der Waals surface area contributed by atoms with Crippen LogP contribution < -0.4 is 0 Å². The molecule has 0 heterocycles. The van der Waals surface area contributed by atoms with E-state index in [4.69, 9.17) is 0 Å². The van der Waals surface area contributed by atoms with E-state index in [9.17, 15) is 4.79 Å². The van der Waals surface area contributed by atoms with E-state index in [2.05, 4.69) is 23.8 Å². The highest BCUT2D eigenvalue weighted by Crippen LogP contribution is 2.10. The third-order valence-corrected chi connectivity index (χ3v) is 3.87. The molecule has 0 spiro atoms. The van der Waals surface area contributed by atoms with Crippen LogP contribution in [0, 0.1) is 0 Å². The Labute approximate surface area is 132 Å². The van der Waals surface area contributed by atoms with Gasteiger partial charge in [0.25, 0.3) is 0 Å². The molecule has 0 bridgehead atoms. The third-order valence-electron chi connectivity index (χ3n) is 3.87. The molecule has 0 fully saturated rings. The first-order chi connectivity index (χ1) is 10.3. The summed E-state index contributed by atoms with van der Waals surface area (Å²) in [5.41, 5.74) is 0. The number of carbonyl (C=O) groups is 1. The van der Waals surface area contributed by atoms with E-state index in [0.717, 1.165) is 12.8 Å². The highest BCUT2D eigenvalue weighted by molar-refractivity contribution is 5.68. The number of methoxy groups -OCH3 is 1. The van der Waals surface area contributed by atoms with Gasteiger partial charge in [-0.05, 0) is 32.1 Å². The molecule has 0 saturated carbocycles. The lowest BCUT2D eigenvalue weighted by molar-refractivity contribution is -0.140. The molecule has 124 valence electrons. The van der Waals surface area contributed by atoms with Crippen LogP contribution in [0.4, 0.5) is 0 Å². The highest BCUT2D eigenvalue weighted by Gasteiger charge is 1.98. The SMILES string of the molecule is CCCCCCCC/C=C/CCCCCCCC(=O)OC. The summed E-state index contributed by atoms with van der Waals surface area (Å²) >= 11 is 0. The van der Waals surface area contributed by atoms with E-state index in [0.29, 0.717) is 6.42 Å². The second kappa shape index (κ2) is 17.3. The molecule has 2 heteroatoms. The van der Waals surface area contributed by atoms with E-state index in [1.807, 2.05) is 0 Å². The average molecular weight is 296 g/mol.